The van der Waals surface area contributed by atoms with Gasteiger partial charge in [0.15, 0.2) is 0 Å². The van der Waals surface area contributed by atoms with E-state index < -0.39 is 0 Å². The van der Waals surface area contributed by atoms with Gasteiger partial charge in [0, 0.05) is 41.3 Å². The van der Waals surface area contributed by atoms with Gasteiger partial charge in [-0.2, -0.15) is 0 Å². The van der Waals surface area contributed by atoms with Crippen LogP contribution >= 0.6 is 0 Å². The smallest absolute Gasteiger partial charge is 0.119 e. The third kappa shape index (κ3) is 8.81. The lowest BCUT2D eigenvalue weighted by Crippen LogP contribution is -2.29. The van der Waals surface area contributed by atoms with Crippen molar-refractivity contribution in [1.82, 2.24) is 0 Å². The number of rotatable bonds is 14. The van der Waals surface area contributed by atoms with Crippen LogP contribution < -0.4 is 25.4 Å². The number of hydrogen-bond donors (Lipinski definition) is 2. The third-order valence-electron chi connectivity index (χ3n) is 9.57. The minimum atomic E-state index is -0.167. The molecule has 4 aromatic rings. The summed E-state index contributed by atoms with van der Waals surface area (Å²) in [6.07, 6.45) is 5.61. The van der Waals surface area contributed by atoms with Crippen molar-refractivity contribution >= 4 is 17.1 Å². The predicted molar refractivity (Wildman–Crippen MR) is 208 cm³/mol. The van der Waals surface area contributed by atoms with Crippen molar-refractivity contribution in [2.75, 3.05) is 29.0 Å². The molecule has 0 amide bonds. The first-order valence-electron chi connectivity index (χ1n) is 18.0. The number of aryl methyl sites for hydroxylation is 1. The maximum Gasteiger partial charge on any atom is 0.119 e. The van der Waals surface area contributed by atoms with Crippen LogP contribution in [0, 0.1) is 6.92 Å². The Morgan fingerprint density at radius 2 is 1.39 bits per heavy atom. The molecule has 1 heterocycles. The van der Waals surface area contributed by atoms with Gasteiger partial charge in [-0.15, -0.1) is 0 Å². The largest absolute Gasteiger partial charge is 0.491 e. The van der Waals surface area contributed by atoms with Crippen LogP contribution in [0.25, 0.3) is 0 Å². The molecule has 3 N–H and O–H groups in total. The number of fused-ring (bicyclic) bond motifs is 1. The molecule has 0 aromatic heterocycles. The van der Waals surface area contributed by atoms with Gasteiger partial charge in [-0.05, 0) is 130 Å². The first-order valence-corrected chi connectivity index (χ1v) is 18.0. The molecule has 4 aromatic carbocycles. The van der Waals surface area contributed by atoms with Crippen molar-refractivity contribution < 1.29 is 9.47 Å². The van der Waals surface area contributed by atoms with E-state index in [0.29, 0.717) is 0 Å². The van der Waals surface area contributed by atoms with E-state index in [1.807, 2.05) is 6.07 Å². The second-order valence-corrected chi connectivity index (χ2v) is 15.3. The Bertz CT molecular complexity index is 1730. The van der Waals surface area contributed by atoms with Crippen LogP contribution in [0.5, 0.6) is 11.5 Å². The average molecular weight is 660 g/mol. The van der Waals surface area contributed by atoms with E-state index in [1.165, 1.54) is 44.9 Å². The molecule has 260 valence electrons. The minimum absolute atomic E-state index is 0.0982. The summed E-state index contributed by atoms with van der Waals surface area (Å²) < 4.78 is 11.7. The Balaban J connectivity index is 1.35. The van der Waals surface area contributed by atoms with Crippen LogP contribution in [0.1, 0.15) is 89.6 Å². The molecule has 49 heavy (non-hydrogen) atoms. The zero-order chi connectivity index (χ0) is 35.3. The Morgan fingerprint density at radius 1 is 0.796 bits per heavy atom. The van der Waals surface area contributed by atoms with Crippen molar-refractivity contribution in [3.8, 4) is 11.5 Å². The lowest BCUT2D eigenvalue weighted by molar-refractivity contribution is 0.242. The van der Waals surface area contributed by atoms with E-state index >= 15 is 0 Å². The molecule has 5 nitrogen and oxygen atoms in total. The van der Waals surface area contributed by atoms with Gasteiger partial charge < -0.3 is 25.4 Å². The van der Waals surface area contributed by atoms with E-state index in [1.54, 1.807) is 0 Å². The van der Waals surface area contributed by atoms with Gasteiger partial charge in [-0.25, -0.2) is 0 Å². The highest BCUT2D eigenvalue weighted by molar-refractivity contribution is 5.73. The van der Waals surface area contributed by atoms with Gasteiger partial charge in [-0.1, -0.05) is 75.7 Å². The zero-order valence-corrected chi connectivity index (χ0v) is 31.2. The Labute approximate surface area is 295 Å². The van der Waals surface area contributed by atoms with Crippen molar-refractivity contribution in [3.05, 3.63) is 125 Å². The fraction of sp³-hybridized carbons (Fsp3) is 0.409. The molecule has 0 spiro atoms. The van der Waals surface area contributed by atoms with Gasteiger partial charge >= 0.3 is 0 Å². The lowest BCUT2D eigenvalue weighted by Gasteiger charge is -2.31. The first kappa shape index (κ1) is 35.9. The standard InChI is InChI=1S/C44H57N3O2/c1-30(2)48-36-16-11-33(12-17-36)23-26-46-40-20-10-32(5)28-38(40)43(6,7)25-22-42-44(8,9)39-29-35(45)15-21-41(39)47(42)27-24-34-13-18-37(19-14-34)49-31(3)4/h10-22,28-31,46H,23-27,45H2,1-9H3/b42-22+. The Kier molecular flexibility index (Phi) is 11.0. The highest BCUT2D eigenvalue weighted by atomic mass is 16.5. The molecule has 0 bridgehead atoms. The molecule has 0 aliphatic carbocycles. The van der Waals surface area contributed by atoms with Gasteiger partial charge in [-0.3, -0.25) is 0 Å². The molecule has 5 rings (SSSR count). The maximum atomic E-state index is 6.34. The molecular formula is C44H57N3O2. The molecule has 0 saturated carbocycles. The fourth-order valence-corrected chi connectivity index (χ4v) is 6.93. The highest BCUT2D eigenvalue weighted by Crippen LogP contribution is 2.49. The van der Waals surface area contributed by atoms with Crippen LogP contribution in [-0.2, 0) is 23.7 Å². The summed E-state index contributed by atoms with van der Waals surface area (Å²) >= 11 is 0. The van der Waals surface area contributed by atoms with Gasteiger partial charge in [0.2, 0.25) is 0 Å². The number of benzene rings is 4. The number of nitrogens with one attached hydrogen (secondary N) is 1. The quantitative estimate of drug-likeness (QED) is 0.132. The fourth-order valence-electron chi connectivity index (χ4n) is 6.93. The van der Waals surface area contributed by atoms with E-state index in [2.05, 4.69) is 157 Å². The molecule has 0 atom stereocenters. The second-order valence-electron chi connectivity index (χ2n) is 15.3. The SMILES string of the molecule is Cc1ccc(NCCc2ccc(OC(C)C)cc2)c(C(C)(C)C/C=C2/N(CCc3ccc(OC(C)C)cc3)c3ccc(N)cc3C2(C)C)c1. The minimum Gasteiger partial charge on any atom is -0.491 e. The third-order valence-corrected chi connectivity index (χ3v) is 9.57. The summed E-state index contributed by atoms with van der Waals surface area (Å²) in [6.45, 7) is 21.6. The van der Waals surface area contributed by atoms with Gasteiger partial charge in [0.05, 0.1) is 12.2 Å². The molecular weight excluding hydrogens is 603 g/mol. The van der Waals surface area contributed by atoms with Crippen LogP contribution in [-0.4, -0.2) is 25.3 Å². The molecule has 0 unspecified atom stereocenters. The van der Waals surface area contributed by atoms with Crippen LogP contribution in [0.2, 0.25) is 0 Å². The number of hydrogen-bond acceptors (Lipinski definition) is 5. The predicted octanol–water partition coefficient (Wildman–Crippen LogP) is 10.4. The monoisotopic (exact) mass is 659 g/mol. The Hall–Kier alpha value is -4.38. The van der Waals surface area contributed by atoms with E-state index in [9.17, 15) is 0 Å². The van der Waals surface area contributed by atoms with E-state index in [0.717, 1.165) is 49.5 Å². The number of anilines is 3. The summed E-state index contributed by atoms with van der Waals surface area (Å²) in [4.78, 5) is 2.52. The number of nitrogen functional groups attached to an aromatic ring is 1. The summed E-state index contributed by atoms with van der Waals surface area (Å²) in [6, 6.07) is 30.3. The first-order chi connectivity index (χ1) is 23.2. The van der Waals surface area contributed by atoms with Crippen LogP contribution in [0.3, 0.4) is 0 Å². The number of ether oxygens (including phenoxy) is 2. The van der Waals surface area contributed by atoms with Crippen molar-refractivity contribution in [2.45, 2.75) is 105 Å². The van der Waals surface area contributed by atoms with E-state index in [-0.39, 0.29) is 23.0 Å². The zero-order valence-electron chi connectivity index (χ0n) is 31.2. The summed E-state index contributed by atoms with van der Waals surface area (Å²) in [5.41, 5.74) is 17.2. The van der Waals surface area contributed by atoms with Gasteiger partial charge in [0.25, 0.3) is 0 Å². The summed E-state index contributed by atoms with van der Waals surface area (Å²) in [7, 11) is 0. The lowest BCUT2D eigenvalue weighted by atomic mass is 9.77. The van der Waals surface area contributed by atoms with Crippen molar-refractivity contribution in [3.63, 3.8) is 0 Å². The second kappa shape index (κ2) is 15.0. The molecule has 0 radical (unpaired) electrons. The molecule has 0 saturated heterocycles. The topological polar surface area (TPSA) is 59.8 Å². The molecule has 1 aliphatic heterocycles. The van der Waals surface area contributed by atoms with Crippen LogP contribution in [0.15, 0.2) is 96.7 Å². The number of nitrogens with zero attached hydrogens (tertiary/aromatic N) is 1. The highest BCUT2D eigenvalue weighted by Gasteiger charge is 2.40. The maximum absolute atomic E-state index is 6.34. The summed E-state index contributed by atoms with van der Waals surface area (Å²) in [5.74, 6) is 1.84. The average Bonchev–Trinajstić information content (AvgIpc) is 3.25. The Morgan fingerprint density at radius 3 is 1.98 bits per heavy atom. The summed E-state index contributed by atoms with van der Waals surface area (Å²) in [5, 5.41) is 3.78. The molecule has 5 heteroatoms. The van der Waals surface area contributed by atoms with Crippen molar-refractivity contribution in [1.29, 1.82) is 0 Å². The van der Waals surface area contributed by atoms with E-state index in [4.69, 9.17) is 15.2 Å². The number of allylic oxidation sites excluding steroid dienone is 2. The van der Waals surface area contributed by atoms with Crippen molar-refractivity contribution in [2.24, 2.45) is 0 Å². The molecule has 0 fully saturated rings. The number of nitrogens with two attached hydrogens (primary N) is 1. The van der Waals surface area contributed by atoms with Gasteiger partial charge in [0.1, 0.15) is 11.5 Å². The normalized spacial score (nSPS) is 14.8. The van der Waals surface area contributed by atoms with Crippen LogP contribution in [0.4, 0.5) is 17.1 Å². The molecule has 1 aliphatic rings.